The first-order valence-corrected chi connectivity index (χ1v) is 12.5. The van der Waals surface area contributed by atoms with Crippen molar-refractivity contribution in [1.29, 1.82) is 0 Å². The number of amides is 2. The molecule has 2 amide bonds. The van der Waals surface area contributed by atoms with Crippen LogP contribution < -0.4 is 20.3 Å². The van der Waals surface area contributed by atoms with E-state index in [1.807, 2.05) is 24.5 Å². The number of nitrogens with one attached hydrogen (secondary N) is 2. The fourth-order valence-corrected chi connectivity index (χ4v) is 3.73. The first-order chi connectivity index (χ1) is 18.0. The number of rotatable bonds is 12. The third-order valence-corrected chi connectivity index (χ3v) is 5.75. The van der Waals surface area contributed by atoms with E-state index in [2.05, 4.69) is 5.32 Å². The topological polar surface area (TPSA) is 126 Å². The molecule has 3 rings (SSSR count). The van der Waals surface area contributed by atoms with Crippen molar-refractivity contribution in [1.82, 2.24) is 5.48 Å². The van der Waals surface area contributed by atoms with E-state index in [-0.39, 0.29) is 13.2 Å². The fraction of sp³-hybridized carbons (Fsp3) is 0.185. The molecule has 194 valence electrons. The number of ether oxygens (including phenoxy) is 3. The minimum Gasteiger partial charge on any atom is -0.491 e. The summed E-state index contributed by atoms with van der Waals surface area (Å²) in [5.41, 5.74) is 2.50. The number of anilines is 1. The number of aliphatic hydroxyl groups is 1. The van der Waals surface area contributed by atoms with Crippen molar-refractivity contribution in [3.05, 3.63) is 96.6 Å². The lowest BCUT2D eigenvalue weighted by molar-refractivity contribution is -0.124. The molecule has 0 aliphatic carbocycles. The lowest BCUT2D eigenvalue weighted by Gasteiger charge is -2.27. The van der Waals surface area contributed by atoms with Crippen LogP contribution in [0.5, 0.6) is 11.5 Å². The van der Waals surface area contributed by atoms with E-state index in [1.54, 1.807) is 72.4 Å². The number of para-hydroxylation sites is 2. The van der Waals surface area contributed by atoms with Crippen LogP contribution in [0.15, 0.2) is 95.9 Å². The smallest absolute Gasteiger partial charge is 0.412 e. The summed E-state index contributed by atoms with van der Waals surface area (Å²) in [7, 11) is 0. The molecule has 37 heavy (non-hydrogen) atoms. The Morgan fingerprint density at radius 2 is 1.70 bits per heavy atom. The third kappa shape index (κ3) is 8.57. The molecule has 0 aliphatic rings. The van der Waals surface area contributed by atoms with Crippen LogP contribution in [0.25, 0.3) is 0 Å². The Kier molecular flexibility index (Phi) is 10.8. The number of aliphatic hydroxyl groups excluding tert-OH is 1. The van der Waals surface area contributed by atoms with E-state index < -0.39 is 24.2 Å². The maximum atomic E-state index is 13.0. The second kappa shape index (κ2) is 14.5. The van der Waals surface area contributed by atoms with E-state index >= 15 is 0 Å². The van der Waals surface area contributed by atoms with Crippen molar-refractivity contribution in [2.75, 3.05) is 24.8 Å². The third-order valence-electron chi connectivity index (χ3n) is 5.01. The highest BCUT2D eigenvalue weighted by Gasteiger charge is 2.30. The van der Waals surface area contributed by atoms with Gasteiger partial charge in [0, 0.05) is 22.2 Å². The van der Waals surface area contributed by atoms with Crippen LogP contribution in [0.3, 0.4) is 0 Å². The Hall–Kier alpha value is -3.99. The molecule has 0 heterocycles. The van der Waals surface area contributed by atoms with E-state index in [0.717, 1.165) is 11.0 Å². The summed E-state index contributed by atoms with van der Waals surface area (Å²) in [5.74, 6) is 0.0286. The molecule has 9 nitrogen and oxygen atoms in total. The van der Waals surface area contributed by atoms with Gasteiger partial charge in [0.1, 0.15) is 18.1 Å². The number of thioether (sulfide) groups is 1. The van der Waals surface area contributed by atoms with Crippen molar-refractivity contribution in [2.45, 2.75) is 17.1 Å². The Morgan fingerprint density at radius 1 is 1.00 bits per heavy atom. The van der Waals surface area contributed by atoms with Crippen LogP contribution in [0.1, 0.15) is 11.7 Å². The van der Waals surface area contributed by atoms with Gasteiger partial charge in [0.05, 0.1) is 6.61 Å². The van der Waals surface area contributed by atoms with Gasteiger partial charge in [-0.05, 0) is 54.8 Å². The van der Waals surface area contributed by atoms with Crippen molar-refractivity contribution >= 4 is 29.4 Å². The van der Waals surface area contributed by atoms with Crippen LogP contribution in [0.2, 0.25) is 0 Å². The van der Waals surface area contributed by atoms with Gasteiger partial charge < -0.3 is 19.3 Å². The van der Waals surface area contributed by atoms with Crippen LogP contribution in [-0.2, 0) is 9.53 Å². The molecular formula is C27H28N2O7S. The summed E-state index contributed by atoms with van der Waals surface area (Å²) in [6.07, 6.45) is 1.52. The SMILES string of the molecule is CSc1ccc(NC(=O)O[C@H](c2ccccc2OCCO)[C@@H](/C=C/C(=O)NO)Oc2ccccc2)cc1. The van der Waals surface area contributed by atoms with E-state index in [4.69, 9.17) is 19.4 Å². The van der Waals surface area contributed by atoms with E-state index in [1.165, 1.54) is 11.6 Å². The number of carbonyl (C=O) groups is 2. The van der Waals surface area contributed by atoms with Crippen molar-refractivity contribution < 1.29 is 34.1 Å². The average Bonchev–Trinajstić information content (AvgIpc) is 2.94. The Balaban J connectivity index is 1.97. The fourth-order valence-electron chi connectivity index (χ4n) is 3.32. The lowest BCUT2D eigenvalue weighted by atomic mass is 10.0. The van der Waals surface area contributed by atoms with Gasteiger partial charge in [-0.1, -0.05) is 36.4 Å². The molecule has 0 bridgehead atoms. The number of hydrogen-bond acceptors (Lipinski definition) is 8. The highest BCUT2D eigenvalue weighted by molar-refractivity contribution is 7.98. The molecule has 4 N–H and O–H groups in total. The molecule has 3 aromatic rings. The van der Waals surface area contributed by atoms with Crippen LogP contribution in [0, 0.1) is 0 Å². The maximum absolute atomic E-state index is 13.0. The molecule has 0 aliphatic heterocycles. The first kappa shape index (κ1) is 27.6. The predicted molar refractivity (Wildman–Crippen MR) is 140 cm³/mol. The average molecular weight is 525 g/mol. The van der Waals surface area contributed by atoms with Gasteiger partial charge in [-0.2, -0.15) is 0 Å². The summed E-state index contributed by atoms with van der Waals surface area (Å²) in [5, 5.41) is 20.9. The minimum atomic E-state index is -1.09. The quantitative estimate of drug-likeness (QED) is 0.117. The van der Waals surface area contributed by atoms with Crippen LogP contribution in [-0.4, -0.2) is 47.9 Å². The molecule has 0 radical (unpaired) electrons. The maximum Gasteiger partial charge on any atom is 0.412 e. The van der Waals surface area contributed by atoms with Crippen molar-refractivity contribution in [3.8, 4) is 11.5 Å². The van der Waals surface area contributed by atoms with Gasteiger partial charge in [-0.3, -0.25) is 15.3 Å². The molecular weight excluding hydrogens is 496 g/mol. The molecule has 2 atom stereocenters. The van der Waals surface area contributed by atoms with Gasteiger partial charge in [-0.25, -0.2) is 10.3 Å². The molecule has 3 aromatic carbocycles. The molecule has 0 spiro atoms. The van der Waals surface area contributed by atoms with Crippen molar-refractivity contribution in [2.24, 2.45) is 0 Å². The summed E-state index contributed by atoms with van der Waals surface area (Å²) < 4.78 is 17.6. The second-order valence-electron chi connectivity index (χ2n) is 7.52. The standard InChI is InChI=1S/C27H28N2O7S/c1-37-21-13-11-19(12-14-21)28-27(32)36-26(22-9-5-6-10-23(22)34-18-17-30)24(15-16-25(31)29-33)35-20-7-3-2-4-8-20/h2-16,24,26,30,33H,17-18H2,1H3,(H,28,32)(H,29,31)/b16-15+/t24-,26-/m1/s1. The second-order valence-corrected chi connectivity index (χ2v) is 8.40. The number of hydrogen-bond donors (Lipinski definition) is 4. The van der Waals surface area contributed by atoms with Crippen molar-refractivity contribution in [3.63, 3.8) is 0 Å². The van der Waals surface area contributed by atoms with Crippen LogP contribution in [0.4, 0.5) is 10.5 Å². The largest absolute Gasteiger partial charge is 0.491 e. The molecule has 0 fully saturated rings. The van der Waals surface area contributed by atoms with Crippen LogP contribution >= 0.6 is 11.8 Å². The molecule has 0 saturated heterocycles. The zero-order valence-corrected chi connectivity index (χ0v) is 20.9. The van der Waals surface area contributed by atoms with Gasteiger partial charge in [0.2, 0.25) is 0 Å². The highest BCUT2D eigenvalue weighted by Crippen LogP contribution is 2.33. The normalized spacial score (nSPS) is 12.4. The summed E-state index contributed by atoms with van der Waals surface area (Å²) in [6, 6.07) is 22.9. The van der Waals surface area contributed by atoms with Gasteiger partial charge in [-0.15, -0.1) is 11.8 Å². The molecule has 0 unspecified atom stereocenters. The van der Waals surface area contributed by atoms with E-state index in [0.29, 0.717) is 22.7 Å². The summed E-state index contributed by atoms with van der Waals surface area (Å²) in [4.78, 5) is 25.8. The minimum absolute atomic E-state index is 0.0185. The number of hydroxylamine groups is 1. The molecule has 0 saturated carbocycles. The molecule has 10 heteroatoms. The van der Waals surface area contributed by atoms with Gasteiger partial charge in [0.15, 0.2) is 12.2 Å². The summed E-state index contributed by atoms with van der Waals surface area (Å²) in [6.45, 7) is -0.197. The Bertz CT molecular complexity index is 1170. The molecule has 0 aromatic heterocycles. The zero-order valence-electron chi connectivity index (χ0n) is 20.1. The highest BCUT2D eigenvalue weighted by atomic mass is 32.2. The van der Waals surface area contributed by atoms with E-state index in [9.17, 15) is 14.7 Å². The van der Waals surface area contributed by atoms with Gasteiger partial charge in [0.25, 0.3) is 5.91 Å². The number of benzene rings is 3. The monoisotopic (exact) mass is 524 g/mol. The Labute approximate surface area is 219 Å². The lowest BCUT2D eigenvalue weighted by Crippen LogP contribution is -2.30. The predicted octanol–water partition coefficient (Wildman–Crippen LogP) is 4.58. The van der Waals surface area contributed by atoms with Gasteiger partial charge >= 0.3 is 6.09 Å². The first-order valence-electron chi connectivity index (χ1n) is 11.3. The Morgan fingerprint density at radius 3 is 2.38 bits per heavy atom. The summed E-state index contributed by atoms with van der Waals surface area (Å²) >= 11 is 1.58. The number of carbonyl (C=O) groups excluding carboxylic acids is 2. The zero-order chi connectivity index (χ0) is 26.5.